The Kier molecular flexibility index (Phi) is 10.9. The number of methoxy groups -OCH3 is 4. The number of allylic oxidation sites excluding steroid dienone is 2. The molecule has 0 aromatic heterocycles. The zero-order chi connectivity index (χ0) is 25.8. The van der Waals surface area contributed by atoms with E-state index in [2.05, 4.69) is 0 Å². The fraction of sp³-hybridized carbons (Fsp3) is 0.269. The third-order valence-corrected chi connectivity index (χ3v) is 5.47. The Balaban J connectivity index is 2.16. The maximum atomic E-state index is 12.8. The molecule has 0 saturated carbocycles. The summed E-state index contributed by atoms with van der Waals surface area (Å²) in [5, 5.41) is -0.123. The van der Waals surface area contributed by atoms with Gasteiger partial charge in [-0.15, -0.1) is 0 Å². The molecule has 0 bridgehead atoms. The summed E-state index contributed by atoms with van der Waals surface area (Å²) >= 11 is 1.04. The number of benzene rings is 2. The van der Waals surface area contributed by atoms with Crippen molar-refractivity contribution in [2.75, 3.05) is 34.2 Å². The highest BCUT2D eigenvalue weighted by atomic mass is 32.2. The van der Waals surface area contributed by atoms with Crippen molar-refractivity contribution in [1.82, 2.24) is 0 Å². The third kappa shape index (κ3) is 7.92. The summed E-state index contributed by atoms with van der Waals surface area (Å²) in [6.45, 7) is 1.75. The molecule has 0 aliphatic rings. The van der Waals surface area contributed by atoms with Crippen molar-refractivity contribution in [3.63, 3.8) is 0 Å². The van der Waals surface area contributed by atoms with Crippen molar-refractivity contribution in [1.29, 1.82) is 0 Å². The molecular weight excluding hydrogens is 472 g/mol. The van der Waals surface area contributed by atoms with Gasteiger partial charge in [0.05, 0.1) is 34.9 Å². The van der Waals surface area contributed by atoms with Crippen LogP contribution < -0.4 is 23.7 Å². The van der Waals surface area contributed by atoms with E-state index in [1.165, 1.54) is 40.6 Å². The van der Waals surface area contributed by atoms with Gasteiger partial charge in [0, 0.05) is 11.3 Å². The van der Waals surface area contributed by atoms with E-state index in [0.717, 1.165) is 11.8 Å². The fourth-order valence-electron chi connectivity index (χ4n) is 2.96. The predicted octanol–water partition coefficient (Wildman–Crippen LogP) is 4.75. The summed E-state index contributed by atoms with van der Waals surface area (Å²) in [5.41, 5.74) is 0.966. The number of hydrogen-bond acceptors (Lipinski definition) is 9. The standard InChI is InChI=1S/C26H28O8S/c1-6-7-25(29)35-13-12-24(28)34-21-14-17(9-11-20(21)30-2)8-10-19(27)18-15-22(31-3)26(33-5)23(16-18)32-4/h6-11,14-16H,12-13H2,1-5H3/b7-6+,10-8+. The van der Waals surface area contributed by atoms with Gasteiger partial charge in [-0.25, -0.2) is 0 Å². The number of carbonyl (C=O) groups is 3. The molecule has 0 fully saturated rings. The van der Waals surface area contributed by atoms with Gasteiger partial charge in [-0.3, -0.25) is 14.4 Å². The van der Waals surface area contributed by atoms with Crippen molar-refractivity contribution < 1.29 is 38.1 Å². The lowest BCUT2D eigenvalue weighted by Crippen LogP contribution is -2.10. The Morgan fingerprint density at radius 2 is 1.49 bits per heavy atom. The van der Waals surface area contributed by atoms with Crippen molar-refractivity contribution in [2.45, 2.75) is 13.3 Å². The van der Waals surface area contributed by atoms with Crippen LogP contribution in [0, 0.1) is 0 Å². The molecule has 0 radical (unpaired) electrons. The van der Waals surface area contributed by atoms with E-state index < -0.39 is 5.97 Å². The Hall–Kier alpha value is -3.72. The molecule has 0 amide bonds. The van der Waals surface area contributed by atoms with Gasteiger partial charge in [0.2, 0.25) is 10.9 Å². The lowest BCUT2D eigenvalue weighted by Gasteiger charge is -2.13. The van der Waals surface area contributed by atoms with E-state index in [4.69, 9.17) is 23.7 Å². The molecule has 2 rings (SSSR count). The zero-order valence-electron chi connectivity index (χ0n) is 20.3. The number of ketones is 1. The SMILES string of the molecule is C/C=C/C(=O)SCCC(=O)Oc1cc(/C=C/C(=O)c2cc(OC)c(OC)c(OC)c2)ccc1OC. The highest BCUT2D eigenvalue weighted by Crippen LogP contribution is 2.38. The van der Waals surface area contributed by atoms with Gasteiger partial charge >= 0.3 is 5.97 Å². The van der Waals surface area contributed by atoms with Gasteiger partial charge in [0.15, 0.2) is 28.8 Å². The topological polar surface area (TPSA) is 97.4 Å². The number of thioether (sulfide) groups is 1. The summed E-state index contributed by atoms with van der Waals surface area (Å²) in [6.07, 6.45) is 6.11. The van der Waals surface area contributed by atoms with Crippen LogP contribution in [0.5, 0.6) is 28.7 Å². The van der Waals surface area contributed by atoms with Crippen molar-refractivity contribution in [2.24, 2.45) is 0 Å². The summed E-state index contributed by atoms with van der Waals surface area (Å²) < 4.78 is 26.6. The fourth-order valence-corrected chi connectivity index (χ4v) is 3.66. The molecule has 0 N–H and O–H groups in total. The lowest BCUT2D eigenvalue weighted by atomic mass is 10.1. The van der Waals surface area contributed by atoms with E-state index in [0.29, 0.717) is 39.9 Å². The van der Waals surface area contributed by atoms with Gasteiger partial charge in [-0.05, 0) is 48.9 Å². The predicted molar refractivity (Wildman–Crippen MR) is 135 cm³/mol. The van der Waals surface area contributed by atoms with E-state index in [-0.39, 0.29) is 23.1 Å². The normalized spacial score (nSPS) is 10.9. The molecular formula is C26H28O8S. The molecule has 8 nitrogen and oxygen atoms in total. The summed E-state index contributed by atoms with van der Waals surface area (Å²) in [5.74, 6) is 1.21. The second-order valence-corrected chi connectivity index (χ2v) is 8.01. The molecule has 35 heavy (non-hydrogen) atoms. The first-order valence-electron chi connectivity index (χ1n) is 10.6. The van der Waals surface area contributed by atoms with Crippen molar-refractivity contribution in [3.8, 4) is 28.7 Å². The van der Waals surface area contributed by atoms with Crippen LogP contribution in [0.4, 0.5) is 0 Å². The van der Waals surface area contributed by atoms with Crippen LogP contribution in [-0.2, 0) is 9.59 Å². The Bertz CT molecular complexity index is 1100. The molecule has 0 saturated heterocycles. The van der Waals surface area contributed by atoms with E-state index in [1.54, 1.807) is 49.4 Å². The van der Waals surface area contributed by atoms with Crippen LogP contribution in [0.25, 0.3) is 6.08 Å². The molecule has 186 valence electrons. The highest BCUT2D eigenvalue weighted by molar-refractivity contribution is 8.14. The second kappa shape index (κ2) is 13.9. The number of hydrogen-bond donors (Lipinski definition) is 0. The minimum Gasteiger partial charge on any atom is -0.493 e. The molecule has 2 aromatic rings. The Labute approximate surface area is 208 Å². The first-order chi connectivity index (χ1) is 16.9. The summed E-state index contributed by atoms with van der Waals surface area (Å²) in [7, 11) is 5.89. The minimum atomic E-state index is -0.501. The van der Waals surface area contributed by atoms with Crippen molar-refractivity contribution >= 4 is 34.7 Å². The molecule has 0 aliphatic heterocycles. The van der Waals surface area contributed by atoms with Crippen LogP contribution >= 0.6 is 11.8 Å². The molecule has 0 spiro atoms. The first kappa shape index (κ1) is 27.5. The van der Waals surface area contributed by atoms with E-state index in [9.17, 15) is 14.4 Å². The average Bonchev–Trinajstić information content (AvgIpc) is 2.86. The van der Waals surface area contributed by atoms with Crippen LogP contribution in [-0.4, -0.2) is 51.1 Å². The van der Waals surface area contributed by atoms with Crippen LogP contribution in [0.1, 0.15) is 29.3 Å². The first-order valence-corrected chi connectivity index (χ1v) is 11.6. The van der Waals surface area contributed by atoms with E-state index >= 15 is 0 Å². The average molecular weight is 501 g/mol. The van der Waals surface area contributed by atoms with Crippen LogP contribution in [0.2, 0.25) is 0 Å². The number of carbonyl (C=O) groups excluding carboxylic acids is 3. The lowest BCUT2D eigenvalue weighted by molar-refractivity contribution is -0.134. The van der Waals surface area contributed by atoms with Crippen LogP contribution in [0.15, 0.2) is 48.6 Å². The minimum absolute atomic E-state index is 0.0524. The second-order valence-electron chi connectivity index (χ2n) is 6.91. The molecule has 9 heteroatoms. The monoisotopic (exact) mass is 500 g/mol. The molecule has 0 aliphatic carbocycles. The van der Waals surface area contributed by atoms with Gasteiger partial charge in [0.1, 0.15) is 0 Å². The maximum absolute atomic E-state index is 12.8. The van der Waals surface area contributed by atoms with Crippen LogP contribution in [0.3, 0.4) is 0 Å². The van der Waals surface area contributed by atoms with Gasteiger partial charge in [0.25, 0.3) is 0 Å². The quantitative estimate of drug-likeness (QED) is 0.177. The van der Waals surface area contributed by atoms with Gasteiger partial charge in [-0.1, -0.05) is 30.0 Å². The molecule has 2 aromatic carbocycles. The summed E-state index contributed by atoms with van der Waals surface area (Å²) in [4.78, 5) is 36.5. The largest absolute Gasteiger partial charge is 0.493 e. The highest BCUT2D eigenvalue weighted by Gasteiger charge is 2.16. The van der Waals surface area contributed by atoms with Crippen molar-refractivity contribution in [3.05, 3.63) is 59.7 Å². The molecule has 0 heterocycles. The number of ether oxygens (including phenoxy) is 5. The Morgan fingerprint density at radius 1 is 0.829 bits per heavy atom. The van der Waals surface area contributed by atoms with Gasteiger partial charge < -0.3 is 23.7 Å². The molecule has 0 unspecified atom stereocenters. The number of rotatable bonds is 12. The molecule has 0 atom stereocenters. The van der Waals surface area contributed by atoms with E-state index in [1.807, 2.05) is 0 Å². The summed E-state index contributed by atoms with van der Waals surface area (Å²) in [6, 6.07) is 8.08. The number of esters is 1. The maximum Gasteiger partial charge on any atom is 0.312 e. The smallest absolute Gasteiger partial charge is 0.312 e. The third-order valence-electron chi connectivity index (χ3n) is 4.64. The zero-order valence-corrected chi connectivity index (χ0v) is 21.1. The Morgan fingerprint density at radius 3 is 2.06 bits per heavy atom. The van der Waals surface area contributed by atoms with Gasteiger partial charge in [-0.2, -0.15) is 0 Å².